The first-order valence-electron chi connectivity index (χ1n) is 12.1. The fraction of sp³-hybridized carbons (Fsp3) is 0.577. The summed E-state index contributed by atoms with van der Waals surface area (Å²) in [7, 11) is 3.46. The largest absolute Gasteiger partial charge is 0.444 e. The van der Waals surface area contributed by atoms with Crippen molar-refractivity contribution < 1.29 is 19.1 Å². The second kappa shape index (κ2) is 8.96. The number of aromatic nitrogens is 1. The van der Waals surface area contributed by atoms with E-state index in [-0.39, 0.29) is 18.0 Å². The Balaban J connectivity index is 1.74. The number of nitrogens with zero attached hydrogens (tertiary/aromatic N) is 4. The maximum atomic E-state index is 13.3. The molecule has 2 aliphatic heterocycles. The number of likely N-dealkylation sites (tertiary alicyclic amines) is 1. The quantitative estimate of drug-likeness (QED) is 0.624. The van der Waals surface area contributed by atoms with E-state index < -0.39 is 5.60 Å². The number of fused-ring (bicyclic) bond motifs is 3. The number of hydrogen-bond acceptors (Lipinski definition) is 4. The number of piperidine rings is 1. The third kappa shape index (κ3) is 4.63. The lowest BCUT2D eigenvalue weighted by atomic mass is 9.98. The minimum atomic E-state index is -0.586. The van der Waals surface area contributed by atoms with Crippen LogP contribution in [0.25, 0.3) is 10.9 Å². The zero-order valence-electron chi connectivity index (χ0n) is 21.2. The predicted molar refractivity (Wildman–Crippen MR) is 131 cm³/mol. The Labute approximate surface area is 201 Å². The lowest BCUT2D eigenvalue weighted by Crippen LogP contribution is -2.40. The molecule has 0 N–H and O–H groups in total. The van der Waals surface area contributed by atoms with Crippen molar-refractivity contribution in [1.82, 2.24) is 19.3 Å². The maximum Gasteiger partial charge on any atom is 0.410 e. The average molecular weight is 469 g/mol. The lowest BCUT2D eigenvalue weighted by molar-refractivity contribution is 0.0223. The Kier molecular flexibility index (Phi) is 6.36. The Morgan fingerprint density at radius 3 is 2.32 bits per heavy atom. The third-order valence-corrected chi connectivity index (χ3v) is 6.69. The second-order valence-corrected chi connectivity index (χ2v) is 10.8. The Morgan fingerprint density at radius 2 is 1.71 bits per heavy atom. The molecule has 0 saturated carbocycles. The van der Waals surface area contributed by atoms with Crippen LogP contribution in [0.2, 0.25) is 0 Å². The van der Waals surface area contributed by atoms with Crippen LogP contribution in [0, 0.1) is 5.92 Å². The predicted octanol–water partition coefficient (Wildman–Crippen LogP) is 4.34. The van der Waals surface area contributed by atoms with Gasteiger partial charge in [0.05, 0.1) is 12.1 Å². The number of benzene rings is 1. The molecule has 1 aromatic carbocycles. The van der Waals surface area contributed by atoms with Gasteiger partial charge in [0.1, 0.15) is 5.60 Å². The van der Waals surface area contributed by atoms with E-state index in [1.807, 2.05) is 43.9 Å². The molecule has 2 aliphatic rings. The van der Waals surface area contributed by atoms with Crippen molar-refractivity contribution in [1.29, 1.82) is 0 Å². The number of hydrogen-bond donors (Lipinski definition) is 0. The smallest absolute Gasteiger partial charge is 0.410 e. The number of rotatable bonds is 1. The van der Waals surface area contributed by atoms with Gasteiger partial charge in [-0.3, -0.25) is 9.36 Å². The van der Waals surface area contributed by atoms with Crippen LogP contribution in [-0.2, 0) is 17.7 Å². The van der Waals surface area contributed by atoms with E-state index in [4.69, 9.17) is 4.74 Å². The van der Waals surface area contributed by atoms with Gasteiger partial charge in [0.2, 0.25) is 0 Å². The summed E-state index contributed by atoms with van der Waals surface area (Å²) in [6.07, 6.45) is 2.20. The lowest BCUT2D eigenvalue weighted by Gasteiger charge is -2.31. The molecule has 1 aromatic heterocycles. The van der Waals surface area contributed by atoms with Gasteiger partial charge in [-0.05, 0) is 57.7 Å². The van der Waals surface area contributed by atoms with Crippen LogP contribution in [0.1, 0.15) is 62.2 Å². The van der Waals surface area contributed by atoms with Crippen molar-refractivity contribution in [3.8, 4) is 0 Å². The standard InChI is InChI=1S/C26H36N4O4/c1-17-9-12-28(13-10-17)23(31)18-7-8-21-19(15-18)20-16-29(25(33)34-26(2,3)4)14-11-22(20)30(21)24(32)27(5)6/h7-8,15,17H,9-14,16H2,1-6H3. The van der Waals surface area contributed by atoms with Crippen molar-refractivity contribution in [2.24, 2.45) is 5.92 Å². The molecule has 8 nitrogen and oxygen atoms in total. The Morgan fingerprint density at radius 1 is 1.03 bits per heavy atom. The minimum Gasteiger partial charge on any atom is -0.444 e. The monoisotopic (exact) mass is 468 g/mol. The van der Waals surface area contributed by atoms with Crippen molar-refractivity contribution in [2.45, 2.75) is 59.1 Å². The summed E-state index contributed by atoms with van der Waals surface area (Å²) in [5, 5.41) is 0.842. The highest BCUT2D eigenvalue weighted by molar-refractivity contribution is 6.02. The summed E-state index contributed by atoms with van der Waals surface area (Å²) in [4.78, 5) is 44.3. The van der Waals surface area contributed by atoms with Crippen LogP contribution in [-0.4, -0.2) is 76.6 Å². The normalized spacial score (nSPS) is 17.0. The maximum absolute atomic E-state index is 13.3. The van der Waals surface area contributed by atoms with E-state index in [9.17, 15) is 14.4 Å². The van der Waals surface area contributed by atoms with Crippen LogP contribution in [0.3, 0.4) is 0 Å². The summed E-state index contributed by atoms with van der Waals surface area (Å²) in [6.45, 7) is 10.1. The van der Waals surface area contributed by atoms with Crippen LogP contribution in [0.15, 0.2) is 18.2 Å². The molecule has 0 atom stereocenters. The van der Waals surface area contributed by atoms with Crippen molar-refractivity contribution in [3.05, 3.63) is 35.0 Å². The number of amides is 3. The second-order valence-electron chi connectivity index (χ2n) is 10.8. The first-order valence-corrected chi connectivity index (χ1v) is 12.1. The van der Waals surface area contributed by atoms with E-state index in [1.54, 1.807) is 28.5 Å². The van der Waals surface area contributed by atoms with E-state index >= 15 is 0 Å². The Bertz CT molecular complexity index is 1120. The molecule has 0 aliphatic carbocycles. The van der Waals surface area contributed by atoms with Gasteiger partial charge in [0.15, 0.2) is 0 Å². The molecular weight excluding hydrogens is 432 g/mol. The SMILES string of the molecule is CC1CCN(C(=O)c2ccc3c(c2)c2c(n3C(=O)N(C)C)CCN(C(=O)OC(C)(C)C)C2)CC1. The highest BCUT2D eigenvalue weighted by atomic mass is 16.6. The molecule has 184 valence electrons. The molecular formula is C26H36N4O4. The molecule has 2 aromatic rings. The zero-order chi connectivity index (χ0) is 24.8. The van der Waals surface area contributed by atoms with E-state index in [1.165, 1.54) is 0 Å². The van der Waals surface area contributed by atoms with Gasteiger partial charge in [0, 0.05) is 62.4 Å². The zero-order valence-corrected chi connectivity index (χ0v) is 21.2. The highest BCUT2D eigenvalue weighted by Crippen LogP contribution is 2.33. The number of carbonyl (C=O) groups excluding carboxylic acids is 3. The molecule has 3 amide bonds. The van der Waals surface area contributed by atoms with Gasteiger partial charge in [-0.15, -0.1) is 0 Å². The first-order chi connectivity index (χ1) is 16.0. The highest BCUT2D eigenvalue weighted by Gasteiger charge is 2.32. The summed E-state index contributed by atoms with van der Waals surface area (Å²) < 4.78 is 7.32. The van der Waals surface area contributed by atoms with Gasteiger partial charge < -0.3 is 19.4 Å². The van der Waals surface area contributed by atoms with Gasteiger partial charge >= 0.3 is 12.1 Å². The van der Waals surface area contributed by atoms with Gasteiger partial charge in [-0.1, -0.05) is 6.92 Å². The molecule has 1 saturated heterocycles. The van der Waals surface area contributed by atoms with Crippen LogP contribution in [0.5, 0.6) is 0 Å². The average Bonchev–Trinajstić information content (AvgIpc) is 3.10. The summed E-state index contributed by atoms with van der Waals surface area (Å²) in [5.41, 5.74) is 2.60. The molecule has 3 heterocycles. The summed E-state index contributed by atoms with van der Waals surface area (Å²) in [6, 6.07) is 5.44. The van der Waals surface area contributed by atoms with Crippen LogP contribution in [0.4, 0.5) is 9.59 Å². The molecule has 8 heteroatoms. The van der Waals surface area contributed by atoms with Gasteiger partial charge in [-0.2, -0.15) is 0 Å². The van der Waals surface area contributed by atoms with Crippen LogP contribution >= 0.6 is 0 Å². The first kappa shape index (κ1) is 24.1. The van der Waals surface area contributed by atoms with E-state index in [2.05, 4.69) is 6.92 Å². The van der Waals surface area contributed by atoms with Crippen molar-refractivity contribution >= 4 is 28.9 Å². The summed E-state index contributed by atoms with van der Waals surface area (Å²) in [5.74, 6) is 0.664. The third-order valence-electron chi connectivity index (χ3n) is 6.69. The molecule has 0 bridgehead atoms. The molecule has 1 fully saturated rings. The van der Waals surface area contributed by atoms with Gasteiger partial charge in [0.25, 0.3) is 5.91 Å². The molecule has 0 unspecified atom stereocenters. The van der Waals surface area contributed by atoms with E-state index in [0.29, 0.717) is 31.0 Å². The van der Waals surface area contributed by atoms with Crippen LogP contribution < -0.4 is 0 Å². The summed E-state index contributed by atoms with van der Waals surface area (Å²) >= 11 is 0. The molecule has 4 rings (SSSR count). The number of carbonyl (C=O) groups is 3. The fourth-order valence-electron chi connectivity index (χ4n) is 4.79. The fourth-order valence-corrected chi connectivity index (χ4v) is 4.79. The minimum absolute atomic E-state index is 0.0223. The Hall–Kier alpha value is -3.03. The topological polar surface area (TPSA) is 75.1 Å². The number of ether oxygens (including phenoxy) is 1. The van der Waals surface area contributed by atoms with Crippen molar-refractivity contribution in [3.63, 3.8) is 0 Å². The molecule has 0 spiro atoms. The molecule has 34 heavy (non-hydrogen) atoms. The molecule has 0 radical (unpaired) electrons. The van der Waals surface area contributed by atoms with Crippen molar-refractivity contribution in [2.75, 3.05) is 33.7 Å². The van der Waals surface area contributed by atoms with E-state index in [0.717, 1.165) is 48.1 Å². The van der Waals surface area contributed by atoms with Gasteiger partial charge in [-0.25, -0.2) is 9.59 Å².